The second-order valence-corrected chi connectivity index (χ2v) is 7.94. The number of halogens is 1. The van der Waals surface area contributed by atoms with E-state index in [4.69, 9.17) is 23.1 Å². The van der Waals surface area contributed by atoms with Gasteiger partial charge in [0.25, 0.3) is 5.91 Å². The third-order valence-corrected chi connectivity index (χ3v) is 6.42. The number of quaternary nitrogens is 1. The van der Waals surface area contributed by atoms with Crippen LogP contribution in [0.1, 0.15) is 32.3 Å². The van der Waals surface area contributed by atoms with Gasteiger partial charge in [-0.1, -0.05) is 55.8 Å². The van der Waals surface area contributed by atoms with Gasteiger partial charge in [-0.3, -0.25) is 4.79 Å². The molecule has 1 aromatic rings. The van der Waals surface area contributed by atoms with E-state index in [1.54, 1.807) is 6.20 Å². The topological polar surface area (TPSA) is 89.4 Å². The molecule has 6 nitrogen and oxygen atoms in total. The van der Waals surface area contributed by atoms with E-state index in [0.29, 0.717) is 42.4 Å². The number of hydrogen-bond acceptors (Lipinski definition) is 3. The Morgan fingerprint density at radius 1 is 1.21 bits per heavy atom. The van der Waals surface area contributed by atoms with Crippen molar-refractivity contribution in [1.29, 1.82) is 0 Å². The van der Waals surface area contributed by atoms with E-state index in [0.717, 1.165) is 18.4 Å². The van der Waals surface area contributed by atoms with Gasteiger partial charge in [-0.05, 0) is 18.4 Å². The molecule has 1 aromatic carbocycles. The molecule has 0 spiro atoms. The Bertz CT molecular complexity index is 832. The summed E-state index contributed by atoms with van der Waals surface area (Å²) in [5, 5.41) is 0. The molecule has 28 heavy (non-hydrogen) atoms. The quantitative estimate of drug-likeness (QED) is 0.434. The van der Waals surface area contributed by atoms with E-state index in [9.17, 15) is 9.59 Å². The highest BCUT2D eigenvalue weighted by Crippen LogP contribution is 2.43. The SMILES string of the molecule is CCC(CC)C[N+]1(C(N)=O)C=C2C(C(N)=O)=C(c3ccccc3)C(Cl)N2CC1. The van der Waals surface area contributed by atoms with Gasteiger partial charge in [0.2, 0.25) is 0 Å². The number of fused-ring (bicyclic) bond motifs is 1. The predicted octanol–water partition coefficient (Wildman–Crippen LogP) is 2.99. The van der Waals surface area contributed by atoms with Crippen LogP contribution >= 0.6 is 11.6 Å². The van der Waals surface area contributed by atoms with Crippen molar-refractivity contribution in [2.45, 2.75) is 32.2 Å². The van der Waals surface area contributed by atoms with E-state index in [2.05, 4.69) is 13.8 Å². The van der Waals surface area contributed by atoms with E-state index >= 15 is 0 Å². The van der Waals surface area contributed by atoms with Crippen molar-refractivity contribution >= 4 is 29.1 Å². The molecule has 2 aliphatic rings. The summed E-state index contributed by atoms with van der Waals surface area (Å²) in [6, 6.07) is 9.10. The number of nitrogens with two attached hydrogens (primary N) is 2. The molecular formula is C21H28ClN4O2+. The monoisotopic (exact) mass is 403 g/mol. The van der Waals surface area contributed by atoms with E-state index in [1.165, 1.54) is 0 Å². The molecule has 3 rings (SSSR count). The summed E-state index contributed by atoms with van der Waals surface area (Å²) < 4.78 is 0.0145. The third kappa shape index (κ3) is 3.42. The van der Waals surface area contributed by atoms with Crippen LogP contribution in [0.5, 0.6) is 0 Å². The zero-order valence-corrected chi connectivity index (χ0v) is 17.2. The van der Waals surface area contributed by atoms with Crippen LogP contribution < -0.4 is 11.5 Å². The molecule has 3 amide bonds. The summed E-state index contributed by atoms with van der Waals surface area (Å²) >= 11 is 6.75. The number of carbonyl (C=O) groups excluding carboxylic acids is 2. The highest BCUT2D eigenvalue weighted by Gasteiger charge is 2.47. The standard InChI is InChI=1S/C21H27ClN4O2/c1-3-14(4-2)12-26(21(24)28)11-10-25-16(13-26)18(20(23)27)17(19(25)22)15-8-6-5-7-9-15/h5-9,13-14,19H,3-4,10-12H2,1-2H3,(H3-,23,24,27,28)/p+1. The van der Waals surface area contributed by atoms with Gasteiger partial charge >= 0.3 is 6.03 Å². The van der Waals surface area contributed by atoms with Crippen LogP contribution in [0.3, 0.4) is 0 Å². The second kappa shape index (κ2) is 7.97. The molecule has 0 fully saturated rings. The number of urea groups is 1. The first-order valence-corrected chi connectivity index (χ1v) is 10.2. The van der Waals surface area contributed by atoms with Crippen LogP contribution in [0.4, 0.5) is 4.79 Å². The first kappa shape index (κ1) is 20.4. The molecule has 0 radical (unpaired) electrons. The van der Waals surface area contributed by atoms with Crippen LogP contribution in [0.15, 0.2) is 47.8 Å². The molecule has 4 N–H and O–H groups in total. The molecule has 2 aliphatic heterocycles. The van der Waals surface area contributed by atoms with Crippen LogP contribution in [0.25, 0.3) is 5.57 Å². The number of carbonyl (C=O) groups is 2. The first-order chi connectivity index (χ1) is 13.3. The summed E-state index contributed by atoms with van der Waals surface area (Å²) in [5.41, 5.74) is 13.6. The minimum absolute atomic E-state index is 0.0145. The Morgan fingerprint density at radius 3 is 2.39 bits per heavy atom. The maximum Gasteiger partial charge on any atom is 0.418 e. The van der Waals surface area contributed by atoms with Crippen molar-refractivity contribution in [3.8, 4) is 0 Å². The Labute approximate surface area is 171 Å². The number of benzene rings is 1. The molecule has 0 saturated carbocycles. The van der Waals surface area contributed by atoms with E-state index in [1.807, 2.05) is 35.2 Å². The summed E-state index contributed by atoms with van der Waals surface area (Å²) in [5.74, 6) is -0.191. The Morgan fingerprint density at radius 2 is 1.86 bits per heavy atom. The molecule has 0 saturated heterocycles. The number of hydrogen-bond donors (Lipinski definition) is 2. The average molecular weight is 404 g/mol. The largest absolute Gasteiger partial charge is 0.418 e. The lowest BCUT2D eigenvalue weighted by atomic mass is 9.99. The van der Waals surface area contributed by atoms with Gasteiger partial charge in [0.15, 0.2) is 0 Å². The molecule has 150 valence electrons. The lowest BCUT2D eigenvalue weighted by Gasteiger charge is -2.40. The molecular weight excluding hydrogens is 376 g/mol. The normalized spacial score (nSPS) is 24.4. The smallest absolute Gasteiger partial charge is 0.366 e. The second-order valence-electron chi connectivity index (χ2n) is 7.52. The number of amides is 3. The van der Waals surface area contributed by atoms with Gasteiger partial charge < -0.3 is 16.4 Å². The minimum atomic E-state index is -0.551. The van der Waals surface area contributed by atoms with Gasteiger partial charge in [0, 0.05) is 11.5 Å². The van der Waals surface area contributed by atoms with Crippen molar-refractivity contribution in [3.63, 3.8) is 0 Å². The average Bonchev–Trinajstić information content (AvgIpc) is 2.98. The highest BCUT2D eigenvalue weighted by molar-refractivity contribution is 6.29. The predicted molar refractivity (Wildman–Crippen MR) is 111 cm³/mol. The van der Waals surface area contributed by atoms with Crippen LogP contribution in [0.2, 0.25) is 0 Å². The van der Waals surface area contributed by atoms with Crippen LogP contribution in [-0.4, -0.2) is 46.5 Å². The molecule has 2 unspecified atom stereocenters. The van der Waals surface area contributed by atoms with Crippen molar-refractivity contribution in [2.75, 3.05) is 19.6 Å². The number of nitrogens with zero attached hydrogens (tertiary/aromatic N) is 2. The van der Waals surface area contributed by atoms with Crippen LogP contribution in [-0.2, 0) is 4.79 Å². The summed E-state index contributed by atoms with van der Waals surface area (Å²) in [6.07, 6.45) is 3.72. The van der Waals surface area contributed by atoms with Gasteiger partial charge in [0.1, 0.15) is 23.9 Å². The summed E-state index contributed by atoms with van der Waals surface area (Å²) in [4.78, 5) is 26.9. The zero-order chi connectivity index (χ0) is 20.5. The van der Waals surface area contributed by atoms with E-state index in [-0.39, 0.29) is 4.48 Å². The molecule has 0 bridgehead atoms. The van der Waals surface area contributed by atoms with Crippen molar-refractivity contribution in [2.24, 2.45) is 17.4 Å². The minimum Gasteiger partial charge on any atom is -0.366 e. The third-order valence-electron chi connectivity index (χ3n) is 5.96. The molecule has 7 heteroatoms. The Kier molecular flexibility index (Phi) is 5.82. The summed E-state index contributed by atoms with van der Waals surface area (Å²) in [7, 11) is 0. The van der Waals surface area contributed by atoms with Crippen molar-refractivity contribution < 1.29 is 14.1 Å². The number of rotatable bonds is 6. The zero-order valence-electron chi connectivity index (χ0n) is 16.4. The Hall–Kier alpha value is -2.31. The maximum atomic E-state index is 12.5. The Balaban J connectivity index is 2.15. The fourth-order valence-corrected chi connectivity index (χ4v) is 4.65. The molecule has 0 aromatic heterocycles. The number of alkyl halides is 1. The van der Waals surface area contributed by atoms with Crippen LogP contribution in [0, 0.1) is 5.92 Å². The van der Waals surface area contributed by atoms with Crippen molar-refractivity contribution in [1.82, 2.24) is 4.90 Å². The van der Waals surface area contributed by atoms with Gasteiger partial charge in [-0.25, -0.2) is 9.28 Å². The first-order valence-electron chi connectivity index (χ1n) is 9.74. The van der Waals surface area contributed by atoms with Gasteiger partial charge in [-0.2, -0.15) is 0 Å². The lowest BCUT2D eigenvalue weighted by molar-refractivity contribution is -0.804. The molecule has 0 aliphatic carbocycles. The number of primary amides is 2. The van der Waals surface area contributed by atoms with Crippen molar-refractivity contribution in [3.05, 3.63) is 53.4 Å². The highest BCUT2D eigenvalue weighted by atomic mass is 35.5. The lowest BCUT2D eigenvalue weighted by Crippen LogP contribution is -2.59. The fraction of sp³-hybridized carbons (Fsp3) is 0.429. The summed E-state index contributed by atoms with van der Waals surface area (Å²) in [6.45, 7) is 5.88. The van der Waals surface area contributed by atoms with Gasteiger partial charge in [0.05, 0.1) is 18.7 Å². The molecule has 2 heterocycles. The van der Waals surface area contributed by atoms with Gasteiger partial charge in [-0.15, -0.1) is 0 Å². The fourth-order valence-electron chi connectivity index (χ4n) is 4.21. The molecule has 2 atom stereocenters. The maximum absolute atomic E-state index is 12.5. The van der Waals surface area contributed by atoms with E-state index < -0.39 is 17.4 Å².